The van der Waals surface area contributed by atoms with E-state index in [1.807, 2.05) is 0 Å². The highest BCUT2D eigenvalue weighted by Crippen LogP contribution is 2.22. The van der Waals surface area contributed by atoms with Gasteiger partial charge in [-0.3, -0.25) is 4.68 Å². The van der Waals surface area contributed by atoms with Crippen molar-refractivity contribution in [2.45, 2.75) is 46.2 Å². The number of rotatable bonds is 7. The highest BCUT2D eigenvalue weighted by Gasteiger charge is 2.14. The highest BCUT2D eigenvalue weighted by atomic mass is 16.2. The number of nitrogens with zero attached hydrogens (tertiary/aromatic N) is 4. The largest absolute Gasteiger partial charge is 0.396 e. The van der Waals surface area contributed by atoms with Gasteiger partial charge in [0.25, 0.3) is 0 Å². The Morgan fingerprint density at radius 2 is 1.89 bits per heavy atom. The van der Waals surface area contributed by atoms with Gasteiger partial charge >= 0.3 is 0 Å². The Hall–Kier alpha value is -2.66. The van der Waals surface area contributed by atoms with Crippen LogP contribution in [0.4, 0.5) is 0 Å². The molecule has 0 radical (unpaired) electrons. The molecule has 27 heavy (non-hydrogen) atoms. The molecule has 0 amide bonds. The first kappa shape index (κ1) is 17.7. The average Bonchev–Trinajstić information content (AvgIpc) is 3.19. The van der Waals surface area contributed by atoms with Gasteiger partial charge in [0.05, 0.1) is 28.8 Å². The zero-order valence-electron chi connectivity index (χ0n) is 16.0. The molecule has 0 aliphatic heterocycles. The third kappa shape index (κ3) is 3.35. The fraction of sp³-hybridized carbons (Fsp3) is 0.364. The molecule has 0 unspecified atom stereocenters. The molecule has 2 aromatic carbocycles. The van der Waals surface area contributed by atoms with E-state index in [0.717, 1.165) is 53.9 Å². The summed E-state index contributed by atoms with van der Waals surface area (Å²) in [7, 11) is 0. The minimum absolute atomic E-state index is 0.227. The van der Waals surface area contributed by atoms with Crippen LogP contribution in [0.5, 0.6) is 0 Å². The third-order valence-corrected chi connectivity index (χ3v) is 5.22. The number of para-hydroxylation sites is 1. The van der Waals surface area contributed by atoms with Crippen molar-refractivity contribution in [3.63, 3.8) is 0 Å². The normalized spacial score (nSPS) is 11.7. The van der Waals surface area contributed by atoms with Crippen LogP contribution in [-0.4, -0.2) is 31.0 Å². The van der Waals surface area contributed by atoms with Crippen LogP contribution in [0.25, 0.3) is 21.9 Å². The van der Waals surface area contributed by atoms with Crippen molar-refractivity contribution in [2.24, 2.45) is 0 Å². The van der Waals surface area contributed by atoms with E-state index in [1.54, 1.807) is 0 Å². The monoisotopic (exact) mass is 362 g/mol. The van der Waals surface area contributed by atoms with Crippen LogP contribution in [0.1, 0.15) is 36.8 Å². The molecule has 0 aliphatic rings. The van der Waals surface area contributed by atoms with Crippen LogP contribution in [-0.2, 0) is 19.5 Å². The summed E-state index contributed by atoms with van der Waals surface area (Å²) in [5.41, 5.74) is 5.68. The molecule has 140 valence electrons. The van der Waals surface area contributed by atoms with Gasteiger partial charge in [0.1, 0.15) is 5.82 Å². The summed E-state index contributed by atoms with van der Waals surface area (Å²) in [5, 5.41) is 15.1. The number of aryl methyl sites for hydroxylation is 3. The second-order valence-corrected chi connectivity index (χ2v) is 7.05. The number of aliphatic hydroxyl groups is 1. The lowest BCUT2D eigenvalue weighted by Crippen LogP contribution is -2.10. The number of unbranched alkanes of at least 4 members (excludes halogenated alkanes) is 1. The molecule has 2 heterocycles. The molecule has 0 fully saturated rings. The van der Waals surface area contributed by atoms with Crippen molar-refractivity contribution in [3.8, 4) is 0 Å². The van der Waals surface area contributed by atoms with Gasteiger partial charge in [-0.2, -0.15) is 5.10 Å². The molecule has 2 aromatic heterocycles. The van der Waals surface area contributed by atoms with E-state index in [4.69, 9.17) is 15.2 Å². The summed E-state index contributed by atoms with van der Waals surface area (Å²) >= 11 is 0. The Morgan fingerprint density at radius 3 is 2.70 bits per heavy atom. The Morgan fingerprint density at radius 1 is 1.04 bits per heavy atom. The van der Waals surface area contributed by atoms with Crippen LogP contribution in [0, 0.1) is 6.92 Å². The first-order chi connectivity index (χ1) is 13.2. The van der Waals surface area contributed by atoms with Crippen LogP contribution >= 0.6 is 0 Å². The molecule has 0 aliphatic carbocycles. The van der Waals surface area contributed by atoms with E-state index in [0.29, 0.717) is 6.54 Å². The van der Waals surface area contributed by atoms with E-state index in [9.17, 15) is 0 Å². The lowest BCUT2D eigenvalue weighted by Gasteiger charge is -2.10. The number of benzene rings is 2. The number of imidazole rings is 1. The fourth-order valence-corrected chi connectivity index (χ4v) is 3.75. The molecular weight excluding hydrogens is 336 g/mol. The number of fused-ring (bicyclic) bond motifs is 2. The zero-order chi connectivity index (χ0) is 18.8. The van der Waals surface area contributed by atoms with Gasteiger partial charge in [-0.1, -0.05) is 31.2 Å². The summed E-state index contributed by atoms with van der Waals surface area (Å²) in [4.78, 5) is 4.95. The minimum Gasteiger partial charge on any atom is -0.396 e. The van der Waals surface area contributed by atoms with Gasteiger partial charge in [-0.25, -0.2) is 4.98 Å². The Kier molecular flexibility index (Phi) is 4.94. The van der Waals surface area contributed by atoms with Gasteiger partial charge in [0.2, 0.25) is 0 Å². The van der Waals surface area contributed by atoms with Gasteiger partial charge in [-0.05, 0) is 49.9 Å². The minimum atomic E-state index is 0.227. The average molecular weight is 362 g/mol. The number of hydrogen-bond acceptors (Lipinski definition) is 3. The molecule has 4 rings (SSSR count). The van der Waals surface area contributed by atoms with Crippen LogP contribution < -0.4 is 0 Å². The standard InChI is InChI=1S/C22H26N4O/c1-3-17-10-11-21-19(14-17)23-22(25(21)12-6-7-13-27)15-26-20-9-5-4-8-18(20)16(2)24-26/h4-5,8-11,14,27H,3,6-7,12-13,15H2,1-2H3. The molecule has 4 aromatic rings. The summed E-state index contributed by atoms with van der Waals surface area (Å²) < 4.78 is 4.34. The van der Waals surface area contributed by atoms with Crippen LogP contribution in [0.15, 0.2) is 42.5 Å². The topological polar surface area (TPSA) is 55.9 Å². The summed E-state index contributed by atoms with van der Waals surface area (Å²) in [6, 6.07) is 14.9. The predicted molar refractivity (Wildman–Crippen MR) is 109 cm³/mol. The maximum absolute atomic E-state index is 9.16. The van der Waals surface area contributed by atoms with Crippen molar-refractivity contribution in [1.29, 1.82) is 0 Å². The summed E-state index contributed by atoms with van der Waals surface area (Å²) in [6.45, 7) is 5.94. The molecule has 0 spiro atoms. The van der Waals surface area contributed by atoms with Crippen LogP contribution in [0.3, 0.4) is 0 Å². The molecule has 0 saturated carbocycles. The third-order valence-electron chi connectivity index (χ3n) is 5.22. The molecule has 0 saturated heterocycles. The van der Waals surface area contributed by atoms with E-state index < -0.39 is 0 Å². The lowest BCUT2D eigenvalue weighted by molar-refractivity contribution is 0.281. The fourth-order valence-electron chi connectivity index (χ4n) is 3.75. The number of aliphatic hydroxyl groups excluding tert-OH is 1. The van der Waals surface area contributed by atoms with Crippen LogP contribution in [0.2, 0.25) is 0 Å². The van der Waals surface area contributed by atoms with Crippen molar-refractivity contribution in [2.75, 3.05) is 6.61 Å². The van der Waals surface area contributed by atoms with E-state index in [-0.39, 0.29) is 6.61 Å². The molecule has 0 atom stereocenters. The maximum atomic E-state index is 9.16. The van der Waals surface area contributed by atoms with E-state index in [1.165, 1.54) is 10.9 Å². The number of hydrogen-bond donors (Lipinski definition) is 1. The lowest BCUT2D eigenvalue weighted by atomic mass is 10.1. The molecule has 0 bridgehead atoms. The van der Waals surface area contributed by atoms with Gasteiger partial charge in [-0.15, -0.1) is 0 Å². The Labute approximate surface area is 159 Å². The van der Waals surface area contributed by atoms with Crippen molar-refractivity contribution in [1.82, 2.24) is 19.3 Å². The Balaban J connectivity index is 1.77. The Bertz CT molecular complexity index is 1080. The van der Waals surface area contributed by atoms with Crippen molar-refractivity contribution < 1.29 is 5.11 Å². The predicted octanol–water partition coefficient (Wildman–Crippen LogP) is 4.08. The quantitative estimate of drug-likeness (QED) is 0.504. The number of aromatic nitrogens is 4. The highest BCUT2D eigenvalue weighted by molar-refractivity contribution is 5.82. The SMILES string of the molecule is CCc1ccc2c(c1)nc(Cn1nc(C)c3ccccc31)n2CCCCO. The van der Waals surface area contributed by atoms with Gasteiger partial charge in [0, 0.05) is 18.5 Å². The van der Waals surface area contributed by atoms with Gasteiger partial charge < -0.3 is 9.67 Å². The van der Waals surface area contributed by atoms with Crippen molar-refractivity contribution >= 4 is 21.9 Å². The van der Waals surface area contributed by atoms with E-state index in [2.05, 4.69) is 65.6 Å². The van der Waals surface area contributed by atoms with E-state index >= 15 is 0 Å². The first-order valence-corrected chi connectivity index (χ1v) is 9.72. The smallest absolute Gasteiger partial charge is 0.131 e. The molecule has 1 N–H and O–H groups in total. The van der Waals surface area contributed by atoms with Gasteiger partial charge in [0.15, 0.2) is 0 Å². The molecule has 5 heteroatoms. The summed E-state index contributed by atoms with van der Waals surface area (Å²) in [6.07, 6.45) is 2.74. The molecule has 5 nitrogen and oxygen atoms in total. The maximum Gasteiger partial charge on any atom is 0.131 e. The second-order valence-electron chi connectivity index (χ2n) is 7.05. The summed E-state index contributed by atoms with van der Waals surface area (Å²) in [5.74, 6) is 1.02. The molecular formula is C22H26N4O. The van der Waals surface area contributed by atoms with Crippen molar-refractivity contribution in [3.05, 3.63) is 59.5 Å². The zero-order valence-corrected chi connectivity index (χ0v) is 16.0. The first-order valence-electron chi connectivity index (χ1n) is 9.72. The second kappa shape index (κ2) is 7.53.